The number of fused-ring (bicyclic) bond motifs is 2. The van der Waals surface area contributed by atoms with Crippen molar-refractivity contribution in [3.8, 4) is 0 Å². The quantitative estimate of drug-likeness (QED) is 0.774. The largest absolute Gasteiger partial charge is 0.384 e. The molecule has 2 aromatic carbocycles. The van der Waals surface area contributed by atoms with Gasteiger partial charge in [-0.25, -0.2) is 12.8 Å². The number of benzene rings is 2. The van der Waals surface area contributed by atoms with Gasteiger partial charge in [-0.05, 0) is 34.1 Å². The number of anilines is 1. The van der Waals surface area contributed by atoms with E-state index in [2.05, 4.69) is 15.9 Å². The molecule has 21 heavy (non-hydrogen) atoms. The molecule has 0 aromatic heterocycles. The number of hydrogen-bond donors (Lipinski definition) is 1. The van der Waals surface area contributed by atoms with Crippen molar-refractivity contribution in [2.75, 3.05) is 11.4 Å². The van der Waals surface area contributed by atoms with Gasteiger partial charge in [0.25, 0.3) is 10.0 Å². The van der Waals surface area contributed by atoms with E-state index in [1.54, 1.807) is 24.3 Å². The minimum atomic E-state index is -3.87. The second-order valence-corrected chi connectivity index (χ2v) is 7.53. The minimum Gasteiger partial charge on any atom is -0.384 e. The number of nitrogens with zero attached hydrogens (tertiary/aromatic N) is 1. The number of halogens is 2. The zero-order valence-electron chi connectivity index (χ0n) is 10.9. The van der Waals surface area contributed by atoms with Crippen LogP contribution >= 0.6 is 15.9 Å². The minimum absolute atomic E-state index is 0.0347. The molecule has 7 heteroatoms. The van der Waals surface area contributed by atoms with E-state index in [0.29, 0.717) is 11.3 Å². The van der Waals surface area contributed by atoms with Gasteiger partial charge in [0.1, 0.15) is 11.9 Å². The van der Waals surface area contributed by atoms with Crippen LogP contribution in [-0.2, 0) is 10.0 Å². The predicted molar refractivity (Wildman–Crippen MR) is 80.2 cm³/mol. The van der Waals surface area contributed by atoms with E-state index in [0.717, 1.165) is 10.4 Å². The zero-order chi connectivity index (χ0) is 15.4. The van der Waals surface area contributed by atoms with Gasteiger partial charge in [-0.2, -0.15) is 0 Å². The third-order valence-corrected chi connectivity index (χ3v) is 5.99. The molecule has 0 bridgehead atoms. The highest BCUT2D eigenvalue weighted by molar-refractivity contribution is 9.10. The molecule has 1 aliphatic heterocycles. The molecule has 4 nitrogen and oxygen atoms in total. The average Bonchev–Trinajstić information content (AvgIpc) is 2.52. The zero-order valence-corrected chi connectivity index (χ0v) is 13.3. The van der Waals surface area contributed by atoms with E-state index in [1.165, 1.54) is 13.1 Å². The molecule has 1 unspecified atom stereocenters. The third kappa shape index (κ3) is 2.07. The molecular formula is C14H11BrFNO3S. The highest BCUT2D eigenvalue weighted by Crippen LogP contribution is 2.41. The Balaban J connectivity index is 2.42. The standard InChI is InChI=1S/C14H11BrFNO3S/c1-17-12-5-3-2-4-8(12)14(18)9-6-11(16)10(15)7-13(9)21(17,19)20/h2-7,14,18H,1H3. The van der Waals surface area contributed by atoms with Crippen molar-refractivity contribution in [3.05, 3.63) is 57.8 Å². The summed E-state index contributed by atoms with van der Waals surface area (Å²) in [6.07, 6.45) is -1.21. The summed E-state index contributed by atoms with van der Waals surface area (Å²) in [5, 5.41) is 10.5. The molecule has 110 valence electrons. The van der Waals surface area contributed by atoms with Crippen molar-refractivity contribution in [2.45, 2.75) is 11.0 Å². The molecular weight excluding hydrogens is 361 g/mol. The molecule has 0 saturated heterocycles. The number of sulfonamides is 1. The first kappa shape index (κ1) is 14.5. The van der Waals surface area contributed by atoms with Gasteiger partial charge in [-0.3, -0.25) is 4.31 Å². The maximum absolute atomic E-state index is 13.8. The van der Waals surface area contributed by atoms with E-state index in [9.17, 15) is 17.9 Å². The van der Waals surface area contributed by atoms with Gasteiger partial charge in [0.2, 0.25) is 0 Å². The summed E-state index contributed by atoms with van der Waals surface area (Å²) >= 11 is 2.99. The van der Waals surface area contributed by atoms with Crippen LogP contribution in [0, 0.1) is 5.82 Å². The smallest absolute Gasteiger partial charge is 0.264 e. The van der Waals surface area contributed by atoms with Crippen LogP contribution in [0.25, 0.3) is 0 Å². The normalized spacial score (nSPS) is 19.6. The van der Waals surface area contributed by atoms with Crippen molar-refractivity contribution in [2.24, 2.45) is 0 Å². The Morgan fingerprint density at radius 2 is 1.90 bits per heavy atom. The Kier molecular flexibility index (Phi) is 3.31. The highest BCUT2D eigenvalue weighted by atomic mass is 79.9. The maximum atomic E-state index is 13.8. The van der Waals surface area contributed by atoms with Crippen LogP contribution in [0.2, 0.25) is 0 Å². The number of aliphatic hydroxyl groups excluding tert-OH is 1. The lowest BCUT2D eigenvalue weighted by atomic mass is 10.00. The van der Waals surface area contributed by atoms with Crippen LogP contribution in [0.1, 0.15) is 17.2 Å². The van der Waals surface area contributed by atoms with Crippen molar-refractivity contribution in [1.29, 1.82) is 0 Å². The van der Waals surface area contributed by atoms with Crippen molar-refractivity contribution in [3.63, 3.8) is 0 Å². The predicted octanol–water partition coefficient (Wildman–Crippen LogP) is 2.81. The first-order valence-corrected chi connectivity index (χ1v) is 8.32. The first-order valence-electron chi connectivity index (χ1n) is 6.09. The Morgan fingerprint density at radius 1 is 1.24 bits per heavy atom. The lowest BCUT2D eigenvalue weighted by Crippen LogP contribution is -2.26. The molecule has 1 aliphatic rings. The van der Waals surface area contributed by atoms with E-state index in [4.69, 9.17) is 0 Å². The van der Waals surface area contributed by atoms with Crippen LogP contribution < -0.4 is 4.31 Å². The summed E-state index contributed by atoms with van der Waals surface area (Å²) in [4.78, 5) is -0.109. The van der Waals surface area contributed by atoms with Crippen LogP contribution in [0.3, 0.4) is 0 Å². The van der Waals surface area contributed by atoms with Crippen LogP contribution in [0.15, 0.2) is 45.8 Å². The lowest BCUT2D eigenvalue weighted by molar-refractivity contribution is 0.217. The van der Waals surface area contributed by atoms with Crippen molar-refractivity contribution in [1.82, 2.24) is 0 Å². The maximum Gasteiger partial charge on any atom is 0.264 e. The fraction of sp³-hybridized carbons (Fsp3) is 0.143. The Hall–Kier alpha value is -1.44. The molecule has 3 rings (SSSR count). The van der Waals surface area contributed by atoms with E-state index in [1.807, 2.05) is 0 Å². The summed E-state index contributed by atoms with van der Waals surface area (Å²) in [6.45, 7) is 0. The first-order chi connectivity index (χ1) is 9.84. The molecule has 0 fully saturated rings. The number of rotatable bonds is 0. The summed E-state index contributed by atoms with van der Waals surface area (Å²) in [5.41, 5.74) is 0.828. The molecule has 1 N–H and O–H groups in total. The van der Waals surface area contributed by atoms with Gasteiger partial charge >= 0.3 is 0 Å². The van der Waals surface area contributed by atoms with E-state index in [-0.39, 0.29) is 14.9 Å². The molecule has 1 atom stereocenters. The van der Waals surface area contributed by atoms with Crippen LogP contribution in [0.4, 0.5) is 10.1 Å². The third-order valence-electron chi connectivity index (χ3n) is 3.56. The molecule has 0 spiro atoms. The second kappa shape index (κ2) is 4.79. The number of hydrogen-bond acceptors (Lipinski definition) is 3. The molecule has 0 amide bonds. The highest BCUT2D eigenvalue weighted by Gasteiger charge is 2.34. The van der Waals surface area contributed by atoms with Gasteiger partial charge in [-0.15, -0.1) is 0 Å². The topological polar surface area (TPSA) is 57.6 Å². The molecule has 2 aromatic rings. The fourth-order valence-electron chi connectivity index (χ4n) is 2.43. The molecule has 1 heterocycles. The summed E-state index contributed by atoms with van der Waals surface area (Å²) in [5.74, 6) is -0.620. The van der Waals surface area contributed by atoms with Gasteiger partial charge in [0.05, 0.1) is 15.1 Å². The van der Waals surface area contributed by atoms with Gasteiger partial charge in [0, 0.05) is 18.2 Å². The lowest BCUT2D eigenvalue weighted by Gasteiger charge is -2.19. The van der Waals surface area contributed by atoms with Gasteiger partial charge in [0.15, 0.2) is 0 Å². The molecule has 0 aliphatic carbocycles. The SMILES string of the molecule is CN1c2ccccc2C(O)c2cc(F)c(Br)cc2S1(=O)=O. The summed E-state index contributed by atoms with van der Waals surface area (Å²) < 4.78 is 40.2. The number of aliphatic hydroxyl groups is 1. The van der Waals surface area contributed by atoms with Crippen LogP contribution in [-0.4, -0.2) is 20.6 Å². The van der Waals surface area contributed by atoms with Crippen molar-refractivity contribution < 1.29 is 17.9 Å². The summed E-state index contributed by atoms with van der Waals surface area (Å²) in [6, 6.07) is 8.85. The van der Waals surface area contributed by atoms with Gasteiger partial charge in [-0.1, -0.05) is 18.2 Å². The number of para-hydroxylation sites is 1. The van der Waals surface area contributed by atoms with E-state index >= 15 is 0 Å². The Bertz CT molecular complexity index is 838. The molecule has 0 saturated carbocycles. The van der Waals surface area contributed by atoms with Crippen LogP contribution in [0.5, 0.6) is 0 Å². The fourth-order valence-corrected chi connectivity index (χ4v) is 4.38. The Labute approximate surface area is 130 Å². The van der Waals surface area contributed by atoms with E-state index < -0.39 is 21.9 Å². The van der Waals surface area contributed by atoms with Crippen molar-refractivity contribution >= 4 is 31.6 Å². The second-order valence-electron chi connectivity index (χ2n) is 4.74. The monoisotopic (exact) mass is 371 g/mol. The molecule has 0 radical (unpaired) electrons. The Morgan fingerprint density at radius 3 is 2.62 bits per heavy atom. The van der Waals surface area contributed by atoms with Gasteiger partial charge < -0.3 is 5.11 Å². The average molecular weight is 372 g/mol. The summed E-state index contributed by atoms with van der Waals surface area (Å²) in [7, 11) is -2.46.